The molecule has 5 nitrogen and oxygen atoms in total. The number of rotatable bonds is 3. The van der Waals surface area contributed by atoms with E-state index in [9.17, 15) is 8.78 Å². The summed E-state index contributed by atoms with van der Waals surface area (Å²) < 4.78 is 26.7. The van der Waals surface area contributed by atoms with Crippen molar-refractivity contribution in [1.29, 1.82) is 0 Å². The van der Waals surface area contributed by atoms with Crippen LogP contribution in [0.2, 0.25) is 0 Å². The van der Waals surface area contributed by atoms with Gasteiger partial charge in [-0.1, -0.05) is 0 Å². The van der Waals surface area contributed by atoms with Gasteiger partial charge in [-0.2, -0.15) is 0 Å². The van der Waals surface area contributed by atoms with Gasteiger partial charge in [-0.25, -0.2) is 18.7 Å². The van der Waals surface area contributed by atoms with Crippen LogP contribution in [0.15, 0.2) is 36.8 Å². The maximum absolute atomic E-state index is 13.7. The maximum Gasteiger partial charge on any atom is 0.183 e. The van der Waals surface area contributed by atoms with E-state index in [-0.39, 0.29) is 11.6 Å². The molecule has 2 aliphatic heterocycles. The minimum absolute atomic E-state index is 0.205. The van der Waals surface area contributed by atoms with Crippen LogP contribution < -0.4 is 9.80 Å². The molecular weight excluding hydrogens is 312 g/mol. The van der Waals surface area contributed by atoms with Crippen molar-refractivity contribution < 1.29 is 8.78 Å². The van der Waals surface area contributed by atoms with E-state index in [1.807, 2.05) is 17.0 Å². The van der Waals surface area contributed by atoms with Crippen molar-refractivity contribution in [3.63, 3.8) is 0 Å². The minimum atomic E-state index is -0.364. The highest BCUT2D eigenvalue weighted by Gasteiger charge is 2.35. The molecule has 7 heteroatoms. The second-order valence-corrected chi connectivity index (χ2v) is 6.25. The van der Waals surface area contributed by atoms with Gasteiger partial charge in [0.2, 0.25) is 0 Å². The van der Waals surface area contributed by atoms with Crippen molar-refractivity contribution in [1.82, 2.24) is 14.9 Å². The summed E-state index contributed by atoms with van der Waals surface area (Å²) in [4.78, 5) is 14.4. The summed E-state index contributed by atoms with van der Waals surface area (Å²) in [7, 11) is 0. The molecule has 4 rings (SSSR count). The molecular formula is C17H19F2N5. The summed E-state index contributed by atoms with van der Waals surface area (Å²) in [5, 5.41) is 0. The number of aromatic nitrogens is 2. The van der Waals surface area contributed by atoms with Crippen LogP contribution in [0.3, 0.4) is 0 Å². The second kappa shape index (κ2) is 6.32. The van der Waals surface area contributed by atoms with Gasteiger partial charge in [0.1, 0.15) is 12.1 Å². The van der Waals surface area contributed by atoms with Gasteiger partial charge < -0.3 is 9.80 Å². The van der Waals surface area contributed by atoms with E-state index in [4.69, 9.17) is 0 Å². The highest BCUT2D eigenvalue weighted by molar-refractivity contribution is 5.47. The lowest BCUT2D eigenvalue weighted by molar-refractivity contribution is 0.156. The third-order valence-electron chi connectivity index (χ3n) is 4.83. The van der Waals surface area contributed by atoms with E-state index in [0.29, 0.717) is 11.9 Å². The molecule has 2 saturated heterocycles. The molecule has 2 fully saturated rings. The van der Waals surface area contributed by atoms with Crippen molar-refractivity contribution in [2.45, 2.75) is 6.04 Å². The lowest BCUT2D eigenvalue weighted by Crippen LogP contribution is -2.63. The van der Waals surface area contributed by atoms with Gasteiger partial charge in [0.15, 0.2) is 11.6 Å². The zero-order chi connectivity index (χ0) is 16.5. The Morgan fingerprint density at radius 1 is 0.917 bits per heavy atom. The van der Waals surface area contributed by atoms with Gasteiger partial charge >= 0.3 is 0 Å². The smallest absolute Gasteiger partial charge is 0.183 e. The number of nitrogens with zero attached hydrogens (tertiary/aromatic N) is 5. The van der Waals surface area contributed by atoms with Crippen molar-refractivity contribution in [2.75, 3.05) is 49.1 Å². The third-order valence-corrected chi connectivity index (χ3v) is 4.83. The molecule has 0 atom stereocenters. The second-order valence-electron chi connectivity index (χ2n) is 6.25. The lowest BCUT2D eigenvalue weighted by Gasteiger charge is -2.48. The van der Waals surface area contributed by atoms with Crippen LogP contribution >= 0.6 is 0 Å². The van der Waals surface area contributed by atoms with Gasteiger partial charge in [0, 0.05) is 51.0 Å². The Morgan fingerprint density at radius 2 is 1.62 bits per heavy atom. The first-order valence-corrected chi connectivity index (χ1v) is 8.16. The maximum atomic E-state index is 13.7. The summed E-state index contributed by atoms with van der Waals surface area (Å²) in [6.07, 6.45) is 2.59. The van der Waals surface area contributed by atoms with Crippen LogP contribution in [-0.4, -0.2) is 60.2 Å². The summed E-state index contributed by atoms with van der Waals surface area (Å²) in [5.74, 6) is -0.174. The van der Waals surface area contributed by atoms with E-state index in [1.54, 1.807) is 0 Å². The fourth-order valence-electron chi connectivity index (χ4n) is 3.40. The molecule has 0 amide bonds. The molecule has 2 aliphatic rings. The van der Waals surface area contributed by atoms with E-state index >= 15 is 0 Å². The highest BCUT2D eigenvalue weighted by Crippen LogP contribution is 2.25. The summed E-state index contributed by atoms with van der Waals surface area (Å²) >= 11 is 0. The zero-order valence-electron chi connectivity index (χ0n) is 13.3. The molecule has 0 bridgehead atoms. The summed E-state index contributed by atoms with van der Waals surface area (Å²) in [5.41, 5.74) is 1.06. The predicted octanol–water partition coefficient (Wildman–Crippen LogP) is 1.77. The minimum Gasteiger partial charge on any atom is -0.369 e. The first kappa shape index (κ1) is 15.3. The van der Waals surface area contributed by atoms with Gasteiger partial charge in [0.05, 0.1) is 6.20 Å². The fraction of sp³-hybridized carbons (Fsp3) is 0.412. The van der Waals surface area contributed by atoms with Crippen LogP contribution in [0.5, 0.6) is 0 Å². The molecule has 0 N–H and O–H groups in total. The average molecular weight is 331 g/mol. The van der Waals surface area contributed by atoms with Gasteiger partial charge in [0.25, 0.3) is 0 Å². The SMILES string of the molecule is Fc1ccc(N2CCN(C3CN(c4ncncc4F)C3)CC2)cc1. The fourth-order valence-corrected chi connectivity index (χ4v) is 3.40. The van der Waals surface area contributed by atoms with Gasteiger partial charge in [-0.15, -0.1) is 0 Å². The van der Waals surface area contributed by atoms with Crippen molar-refractivity contribution in [3.8, 4) is 0 Å². The Labute approximate surface area is 139 Å². The van der Waals surface area contributed by atoms with Crippen LogP contribution in [0.1, 0.15) is 0 Å². The third kappa shape index (κ3) is 2.91. The zero-order valence-corrected chi connectivity index (χ0v) is 13.3. The molecule has 0 unspecified atom stereocenters. The normalized spacial score (nSPS) is 19.4. The molecule has 126 valence electrons. The first-order valence-electron chi connectivity index (χ1n) is 8.16. The van der Waals surface area contributed by atoms with E-state index in [2.05, 4.69) is 19.8 Å². The molecule has 1 aromatic carbocycles. The topological polar surface area (TPSA) is 35.5 Å². The first-order chi connectivity index (χ1) is 11.7. The monoisotopic (exact) mass is 331 g/mol. The Morgan fingerprint density at radius 3 is 2.29 bits per heavy atom. The Balaban J connectivity index is 1.30. The van der Waals surface area contributed by atoms with Crippen LogP contribution in [0.25, 0.3) is 0 Å². The van der Waals surface area contributed by atoms with E-state index in [1.165, 1.54) is 24.7 Å². The number of hydrogen-bond acceptors (Lipinski definition) is 5. The molecule has 3 heterocycles. The molecule has 24 heavy (non-hydrogen) atoms. The Bertz CT molecular complexity index is 694. The number of anilines is 2. The number of hydrogen-bond donors (Lipinski definition) is 0. The highest BCUT2D eigenvalue weighted by atomic mass is 19.1. The molecule has 0 spiro atoms. The molecule has 2 aromatic rings. The Kier molecular flexibility index (Phi) is 4.02. The largest absolute Gasteiger partial charge is 0.369 e. The predicted molar refractivity (Wildman–Crippen MR) is 88.2 cm³/mol. The molecule has 0 saturated carbocycles. The number of piperazine rings is 1. The van der Waals surface area contributed by atoms with Crippen LogP contribution in [0.4, 0.5) is 20.3 Å². The Hall–Kier alpha value is -2.28. The number of benzene rings is 1. The lowest BCUT2D eigenvalue weighted by atomic mass is 10.1. The van der Waals surface area contributed by atoms with E-state index in [0.717, 1.165) is 45.0 Å². The van der Waals surface area contributed by atoms with Crippen LogP contribution in [-0.2, 0) is 0 Å². The van der Waals surface area contributed by atoms with Crippen molar-refractivity contribution in [3.05, 3.63) is 48.4 Å². The standard InChI is InChI=1S/C17H19F2N5/c18-13-1-3-14(4-2-13)22-5-7-23(8-6-22)15-10-24(11-15)17-16(19)9-20-12-21-17/h1-4,9,12,15H,5-8,10-11H2. The average Bonchev–Trinajstić information content (AvgIpc) is 2.57. The van der Waals surface area contributed by atoms with Crippen LogP contribution in [0, 0.1) is 11.6 Å². The molecule has 0 radical (unpaired) electrons. The molecule has 0 aliphatic carbocycles. The van der Waals surface area contributed by atoms with E-state index < -0.39 is 0 Å². The van der Waals surface area contributed by atoms with Gasteiger partial charge in [-0.3, -0.25) is 4.90 Å². The number of halogens is 2. The van der Waals surface area contributed by atoms with Gasteiger partial charge in [-0.05, 0) is 24.3 Å². The quantitative estimate of drug-likeness (QED) is 0.856. The summed E-state index contributed by atoms with van der Waals surface area (Å²) in [6, 6.07) is 7.10. The summed E-state index contributed by atoms with van der Waals surface area (Å²) in [6.45, 7) is 5.35. The van der Waals surface area contributed by atoms with Crippen molar-refractivity contribution >= 4 is 11.5 Å². The van der Waals surface area contributed by atoms with Crippen molar-refractivity contribution in [2.24, 2.45) is 0 Å². The molecule has 1 aromatic heterocycles.